The molecule has 0 aromatic heterocycles. The van der Waals surface area contributed by atoms with Gasteiger partial charge in [-0.15, -0.1) is 0 Å². The van der Waals surface area contributed by atoms with Crippen molar-refractivity contribution in [2.75, 3.05) is 6.61 Å². The summed E-state index contributed by atoms with van der Waals surface area (Å²) in [4.78, 5) is 0. The van der Waals surface area contributed by atoms with Gasteiger partial charge >= 0.3 is 0 Å². The normalized spacial score (nSPS) is 17.8. The Morgan fingerprint density at radius 1 is 1.31 bits per heavy atom. The fourth-order valence-electron chi connectivity index (χ4n) is 1.44. The van der Waals surface area contributed by atoms with Crippen LogP contribution >= 0.6 is 0 Å². The zero-order valence-corrected chi connectivity index (χ0v) is 7.66. The second-order valence-electron chi connectivity index (χ2n) is 3.00. The van der Waals surface area contributed by atoms with Crippen LogP contribution in [0.4, 0.5) is 0 Å². The first-order valence-corrected chi connectivity index (χ1v) is 4.46. The van der Waals surface area contributed by atoms with Gasteiger partial charge in [-0.05, 0) is 13.0 Å². The molecule has 0 fully saturated rings. The highest BCUT2D eigenvalue weighted by Crippen LogP contribution is 2.32. The molecule has 1 aromatic rings. The van der Waals surface area contributed by atoms with Crippen molar-refractivity contribution in [2.24, 2.45) is 0 Å². The van der Waals surface area contributed by atoms with Crippen LogP contribution in [0, 0.1) is 0 Å². The van der Waals surface area contributed by atoms with Crippen molar-refractivity contribution in [3.63, 3.8) is 0 Å². The van der Waals surface area contributed by atoms with E-state index in [4.69, 9.17) is 4.74 Å². The van der Waals surface area contributed by atoms with Crippen LogP contribution in [0.15, 0.2) is 42.5 Å². The molecule has 1 aromatic carbocycles. The Bertz CT molecular complexity index is 361. The number of hydrogen-bond donors (Lipinski definition) is 0. The van der Waals surface area contributed by atoms with Crippen molar-refractivity contribution in [1.82, 2.24) is 0 Å². The van der Waals surface area contributed by atoms with Gasteiger partial charge in [0.05, 0.1) is 0 Å². The molecule has 0 saturated carbocycles. The first-order chi connectivity index (χ1) is 6.42. The number of fused-ring (bicyclic) bond motifs is 1. The van der Waals surface area contributed by atoms with Crippen LogP contribution < -0.4 is 4.74 Å². The second kappa shape index (κ2) is 3.48. The zero-order valence-electron chi connectivity index (χ0n) is 7.66. The topological polar surface area (TPSA) is 9.23 Å². The van der Waals surface area contributed by atoms with E-state index in [0.29, 0.717) is 6.61 Å². The Hall–Kier alpha value is -1.50. The average molecular weight is 172 g/mol. The minimum Gasteiger partial charge on any atom is -0.488 e. The van der Waals surface area contributed by atoms with Crippen molar-refractivity contribution < 1.29 is 4.74 Å². The number of para-hydroxylation sites is 1. The highest BCUT2D eigenvalue weighted by Gasteiger charge is 2.15. The number of rotatable bonds is 1. The van der Waals surface area contributed by atoms with E-state index in [1.54, 1.807) is 0 Å². The first-order valence-electron chi connectivity index (χ1n) is 4.46. The fourth-order valence-corrected chi connectivity index (χ4v) is 1.44. The van der Waals surface area contributed by atoms with E-state index >= 15 is 0 Å². The lowest BCUT2D eigenvalue weighted by Gasteiger charge is -1.94. The second-order valence-corrected chi connectivity index (χ2v) is 3.00. The molecule has 0 radical (unpaired) electrons. The molecule has 0 aliphatic carbocycles. The van der Waals surface area contributed by atoms with Gasteiger partial charge in [-0.25, -0.2) is 0 Å². The van der Waals surface area contributed by atoms with Gasteiger partial charge in [-0.3, -0.25) is 0 Å². The Morgan fingerprint density at radius 2 is 2.15 bits per heavy atom. The number of allylic oxidation sites excluding steroid dienone is 3. The maximum atomic E-state index is 5.51. The standard InChI is InChI=1S/C12H12O/c1-2-3-6-10-9-13-12-8-5-4-7-11(10)12/h2-8H,9H2,1H3/b3-2-,10-6+. The van der Waals surface area contributed by atoms with E-state index in [-0.39, 0.29) is 0 Å². The van der Waals surface area contributed by atoms with Gasteiger partial charge in [0.25, 0.3) is 0 Å². The third-order valence-corrected chi connectivity index (χ3v) is 2.11. The minimum atomic E-state index is 0.698. The largest absolute Gasteiger partial charge is 0.488 e. The number of hydrogen-bond acceptors (Lipinski definition) is 1. The highest BCUT2D eigenvalue weighted by atomic mass is 16.5. The van der Waals surface area contributed by atoms with Gasteiger partial charge in [0.1, 0.15) is 12.4 Å². The lowest BCUT2D eigenvalue weighted by atomic mass is 10.1. The van der Waals surface area contributed by atoms with Crippen molar-refractivity contribution in [3.05, 3.63) is 48.1 Å². The third kappa shape index (κ3) is 1.50. The lowest BCUT2D eigenvalue weighted by molar-refractivity contribution is 0.388. The molecule has 2 rings (SSSR count). The maximum absolute atomic E-state index is 5.51. The van der Waals surface area contributed by atoms with Gasteiger partial charge in [0, 0.05) is 11.1 Å². The van der Waals surface area contributed by atoms with Crippen LogP contribution in [0.1, 0.15) is 12.5 Å². The van der Waals surface area contributed by atoms with Gasteiger partial charge in [-0.1, -0.05) is 36.4 Å². The Labute approximate surface area is 78.3 Å². The molecule has 0 saturated heterocycles. The molecule has 13 heavy (non-hydrogen) atoms. The number of ether oxygens (including phenoxy) is 1. The summed E-state index contributed by atoms with van der Waals surface area (Å²) in [5.41, 5.74) is 2.48. The fraction of sp³-hybridized carbons (Fsp3) is 0.167. The predicted octanol–water partition coefficient (Wildman–Crippen LogP) is 3.04. The summed E-state index contributed by atoms with van der Waals surface area (Å²) in [6.45, 7) is 2.71. The summed E-state index contributed by atoms with van der Waals surface area (Å²) in [5, 5.41) is 0. The highest BCUT2D eigenvalue weighted by molar-refractivity contribution is 5.75. The van der Waals surface area contributed by atoms with Crippen LogP contribution in [-0.4, -0.2) is 6.61 Å². The molecule has 0 spiro atoms. The van der Waals surface area contributed by atoms with Crippen molar-refractivity contribution in [3.8, 4) is 5.75 Å². The summed E-state index contributed by atoms with van der Waals surface area (Å²) in [5.74, 6) is 0.998. The molecular formula is C12H12O. The average Bonchev–Trinajstić information content (AvgIpc) is 2.58. The van der Waals surface area contributed by atoms with Crippen LogP contribution in [0.25, 0.3) is 5.57 Å². The monoisotopic (exact) mass is 172 g/mol. The summed E-state index contributed by atoms with van der Waals surface area (Å²) in [6, 6.07) is 8.14. The Kier molecular flexibility index (Phi) is 2.17. The molecule has 1 aliphatic heterocycles. The molecule has 0 atom stereocenters. The summed E-state index contributed by atoms with van der Waals surface area (Å²) in [7, 11) is 0. The van der Waals surface area contributed by atoms with Gasteiger partial charge in [0.2, 0.25) is 0 Å². The van der Waals surface area contributed by atoms with Crippen molar-refractivity contribution >= 4 is 5.57 Å². The van der Waals surface area contributed by atoms with Crippen LogP contribution in [-0.2, 0) is 0 Å². The lowest BCUT2D eigenvalue weighted by Crippen LogP contribution is -1.86. The van der Waals surface area contributed by atoms with E-state index in [1.807, 2.05) is 37.3 Å². The molecule has 0 amide bonds. The molecule has 1 nitrogen and oxygen atoms in total. The molecule has 0 unspecified atom stereocenters. The van der Waals surface area contributed by atoms with Gasteiger partial charge in [0.15, 0.2) is 0 Å². The smallest absolute Gasteiger partial charge is 0.127 e. The SMILES string of the molecule is C/C=C\C=C1/COc2ccccc21. The summed E-state index contributed by atoms with van der Waals surface area (Å²) >= 11 is 0. The molecule has 1 heteroatoms. The van der Waals surface area contributed by atoms with E-state index in [1.165, 1.54) is 11.1 Å². The molecule has 1 heterocycles. The van der Waals surface area contributed by atoms with Gasteiger partial charge < -0.3 is 4.74 Å². The van der Waals surface area contributed by atoms with Crippen LogP contribution in [0.2, 0.25) is 0 Å². The van der Waals surface area contributed by atoms with Crippen molar-refractivity contribution in [2.45, 2.75) is 6.92 Å². The number of benzene rings is 1. The van der Waals surface area contributed by atoms with E-state index in [0.717, 1.165) is 5.75 Å². The Balaban J connectivity index is 2.38. The zero-order chi connectivity index (χ0) is 9.10. The molecule has 0 N–H and O–H groups in total. The van der Waals surface area contributed by atoms with Gasteiger partial charge in [-0.2, -0.15) is 0 Å². The minimum absolute atomic E-state index is 0.698. The molecular weight excluding hydrogens is 160 g/mol. The predicted molar refractivity (Wildman–Crippen MR) is 54.7 cm³/mol. The first kappa shape index (κ1) is 8.11. The van der Waals surface area contributed by atoms with E-state index in [2.05, 4.69) is 12.1 Å². The third-order valence-electron chi connectivity index (χ3n) is 2.11. The van der Waals surface area contributed by atoms with Crippen LogP contribution in [0.3, 0.4) is 0 Å². The van der Waals surface area contributed by atoms with E-state index in [9.17, 15) is 0 Å². The summed E-state index contributed by atoms with van der Waals surface area (Å²) < 4.78 is 5.51. The summed E-state index contributed by atoms with van der Waals surface area (Å²) in [6.07, 6.45) is 6.17. The molecule has 0 bridgehead atoms. The van der Waals surface area contributed by atoms with Crippen LogP contribution in [0.5, 0.6) is 5.75 Å². The molecule has 1 aliphatic rings. The molecule has 66 valence electrons. The van der Waals surface area contributed by atoms with Crippen molar-refractivity contribution in [1.29, 1.82) is 0 Å². The Morgan fingerprint density at radius 3 is 3.00 bits per heavy atom. The quantitative estimate of drug-likeness (QED) is 0.632. The maximum Gasteiger partial charge on any atom is 0.127 e. The van der Waals surface area contributed by atoms with E-state index < -0.39 is 0 Å².